The van der Waals surface area contributed by atoms with Gasteiger partial charge in [0.2, 0.25) is 5.89 Å². The van der Waals surface area contributed by atoms with E-state index < -0.39 is 47.2 Å². The predicted octanol–water partition coefficient (Wildman–Crippen LogP) is 8.89. The lowest BCUT2D eigenvalue weighted by molar-refractivity contribution is -0.0462. The molecule has 1 fully saturated rings. The van der Waals surface area contributed by atoms with Crippen LogP contribution in [0.2, 0.25) is 0 Å². The zero-order valence-electron chi connectivity index (χ0n) is 34.8. The number of carbonyl (C=O) groups excluding carboxylic acids is 2. The number of hydrogen-bond donors (Lipinski definition) is 3. The monoisotopic (exact) mass is 798 g/mol. The van der Waals surface area contributed by atoms with Crippen LogP contribution in [0.5, 0.6) is 0 Å². The lowest BCUT2D eigenvalue weighted by atomic mass is 9.78. The third kappa shape index (κ3) is 13.9. The van der Waals surface area contributed by atoms with Crippen LogP contribution in [0, 0.1) is 28.6 Å². The average molecular weight is 799 g/mol. The van der Waals surface area contributed by atoms with E-state index in [1.165, 1.54) is 12.5 Å². The summed E-state index contributed by atoms with van der Waals surface area (Å²) >= 11 is 0. The molecule has 3 N–H and O–H groups in total. The van der Waals surface area contributed by atoms with Crippen molar-refractivity contribution in [3.63, 3.8) is 0 Å². The minimum atomic E-state index is -0.955. The molecular weight excluding hydrogens is 737 g/mol. The lowest BCUT2D eigenvalue weighted by Crippen LogP contribution is -2.42. The number of nitrogens with zero attached hydrogens (tertiary/aromatic N) is 2. The number of ether oxygens (including phenoxy) is 2. The van der Waals surface area contributed by atoms with Crippen LogP contribution in [-0.4, -0.2) is 68.2 Å². The molecule has 58 heavy (non-hydrogen) atoms. The van der Waals surface area contributed by atoms with Crippen LogP contribution in [0.25, 0.3) is 6.08 Å². The first kappa shape index (κ1) is 45.9. The fourth-order valence-corrected chi connectivity index (χ4v) is 6.32. The van der Waals surface area contributed by atoms with Gasteiger partial charge in [-0.05, 0) is 37.0 Å². The highest BCUT2D eigenvalue weighted by atomic mass is 16.6. The lowest BCUT2D eigenvalue weighted by Gasteiger charge is -2.36. The smallest absolute Gasteiger partial charge is 0.360 e. The molecule has 4 bridgehead atoms. The van der Waals surface area contributed by atoms with Gasteiger partial charge in [-0.2, -0.15) is 0 Å². The number of carbonyl (C=O) groups is 2. The first-order valence-electron chi connectivity index (χ1n) is 20.4. The second kappa shape index (κ2) is 22.3. The molecule has 0 saturated heterocycles. The van der Waals surface area contributed by atoms with Crippen molar-refractivity contribution in [1.29, 1.82) is 0 Å². The third-order valence-electron chi connectivity index (χ3n) is 10.7. The van der Waals surface area contributed by atoms with Gasteiger partial charge in [-0.3, -0.25) is 0 Å². The van der Waals surface area contributed by atoms with Crippen molar-refractivity contribution in [2.24, 2.45) is 28.6 Å². The van der Waals surface area contributed by atoms with Gasteiger partial charge in [-0.25, -0.2) is 19.6 Å². The molecule has 314 valence electrons. The summed E-state index contributed by atoms with van der Waals surface area (Å²) < 4.78 is 23.2. The first-order valence-corrected chi connectivity index (χ1v) is 20.4. The van der Waals surface area contributed by atoms with E-state index in [0.717, 1.165) is 19.3 Å². The number of hydrogen-bond acceptors (Lipinski definition) is 11. The molecule has 0 aromatic carbocycles. The molecule has 3 heterocycles. The highest BCUT2D eigenvalue weighted by Gasteiger charge is 2.40. The number of esters is 2. The van der Waals surface area contributed by atoms with Crippen LogP contribution in [-0.2, 0) is 15.9 Å². The summed E-state index contributed by atoms with van der Waals surface area (Å²) in [7, 11) is 0. The van der Waals surface area contributed by atoms with Gasteiger partial charge in [-0.1, -0.05) is 139 Å². The number of fused-ring (bicyclic) bond motifs is 5. The molecule has 2 aromatic rings. The van der Waals surface area contributed by atoms with Gasteiger partial charge in [0.05, 0.1) is 12.2 Å². The van der Waals surface area contributed by atoms with E-state index >= 15 is 0 Å². The third-order valence-corrected chi connectivity index (χ3v) is 10.7. The van der Waals surface area contributed by atoms with E-state index in [-0.39, 0.29) is 29.8 Å². The number of unbranched alkanes of at least 4 members (excludes halogenated alkanes) is 1. The maximum Gasteiger partial charge on any atom is 0.360 e. The number of aliphatic hydroxyl groups excluding tert-OH is 3. The summed E-state index contributed by atoms with van der Waals surface area (Å²) in [5.74, 6) is 0.0748. The molecule has 11 nitrogen and oxygen atoms in total. The Morgan fingerprint density at radius 3 is 2.02 bits per heavy atom. The predicted molar refractivity (Wildman–Crippen MR) is 224 cm³/mol. The van der Waals surface area contributed by atoms with Crippen molar-refractivity contribution in [3.05, 3.63) is 127 Å². The normalized spacial score (nSPS) is 27.4. The minimum Gasteiger partial charge on any atom is -0.457 e. The number of cyclic esters (lactones) is 2. The van der Waals surface area contributed by atoms with Gasteiger partial charge in [0.15, 0.2) is 17.3 Å². The van der Waals surface area contributed by atoms with Gasteiger partial charge < -0.3 is 33.6 Å². The molecule has 2 aliphatic rings. The van der Waals surface area contributed by atoms with Crippen LogP contribution >= 0.6 is 0 Å². The van der Waals surface area contributed by atoms with Crippen LogP contribution in [0.3, 0.4) is 0 Å². The molecule has 0 radical (unpaired) electrons. The van der Waals surface area contributed by atoms with Crippen molar-refractivity contribution in [3.8, 4) is 0 Å². The van der Waals surface area contributed by atoms with Crippen molar-refractivity contribution in [2.45, 2.75) is 111 Å². The van der Waals surface area contributed by atoms with Gasteiger partial charge in [0.25, 0.3) is 0 Å². The Morgan fingerprint density at radius 1 is 0.759 bits per heavy atom. The van der Waals surface area contributed by atoms with E-state index in [9.17, 15) is 24.9 Å². The Kier molecular flexibility index (Phi) is 17.7. The van der Waals surface area contributed by atoms with E-state index in [0.29, 0.717) is 43.4 Å². The standard InChI is InChI=1S/C47H62N2O9/c1-7-8-12-23-38(51)47(5,6)41-26-19-22-35-30-34(35)21-15-16-27-42-48-36(31-55-42)44(53)57-40(46(3,4)39(52)24-17-18-28-50)25-14-11-9-10-13-20-33(2)29-43-49-37(32-56-43)45(54)58-41/h9-17,19-24,27,31-35,38-41,50-52H,7-8,18,25-26,28-30H2,1-6H3/b10-9-,14-11-,20-13+,21-15+,22-19-,23-12+,24-17+,27-16-/t33-,34+,35-,38-,39-,40-,41-/m0/s1. The van der Waals surface area contributed by atoms with Crippen molar-refractivity contribution < 1.29 is 43.2 Å². The van der Waals surface area contributed by atoms with Gasteiger partial charge in [0, 0.05) is 42.8 Å². The molecule has 1 aliphatic heterocycles. The summed E-state index contributed by atoms with van der Waals surface area (Å²) in [6.45, 7) is 11.5. The maximum absolute atomic E-state index is 13.4. The second-order valence-electron chi connectivity index (χ2n) is 16.3. The molecule has 2 aromatic heterocycles. The van der Waals surface area contributed by atoms with Crippen LogP contribution in [0.4, 0.5) is 0 Å². The molecular formula is C47H62N2O9. The Labute approximate surface area is 343 Å². The number of rotatable bonds is 10. The fraction of sp³-hybridized carbons (Fsp3) is 0.489. The topological polar surface area (TPSA) is 165 Å². The number of allylic oxidation sites excluding steroid dienone is 10. The molecule has 1 aliphatic carbocycles. The highest BCUT2D eigenvalue weighted by molar-refractivity contribution is 5.87. The molecule has 11 heteroatoms. The largest absolute Gasteiger partial charge is 0.457 e. The SMILES string of the molecule is CCC/C=C/[C@H](O)C(C)(C)[C@@H]1C/C=C\[C@H]2C[C@H]2/C=C/C=C\c2nc(co2)C(=O)O[C@H](C(C)(C)[C@@H](O)/C=C/CCO)C\C=C/C=C\C=C\[C@H](C)Cc2nc(co2)C(=O)O1. The minimum absolute atomic E-state index is 0.0163. The Bertz CT molecular complexity index is 1850. The van der Waals surface area contributed by atoms with Gasteiger partial charge >= 0.3 is 11.9 Å². The van der Waals surface area contributed by atoms with Gasteiger partial charge in [-0.15, -0.1) is 0 Å². The van der Waals surface area contributed by atoms with Gasteiger partial charge in [0.1, 0.15) is 24.7 Å². The summed E-state index contributed by atoms with van der Waals surface area (Å²) in [5, 5.41) is 31.4. The summed E-state index contributed by atoms with van der Waals surface area (Å²) in [5.41, 5.74) is -1.58. The quantitative estimate of drug-likeness (QED) is 0.155. The summed E-state index contributed by atoms with van der Waals surface area (Å²) in [6.07, 6.45) is 33.8. The Morgan fingerprint density at radius 2 is 1.34 bits per heavy atom. The van der Waals surface area contributed by atoms with Crippen molar-refractivity contribution in [2.75, 3.05) is 6.61 Å². The Hall–Kier alpha value is -4.84. The second-order valence-corrected chi connectivity index (χ2v) is 16.3. The van der Waals surface area contributed by atoms with E-state index in [4.69, 9.17) is 18.3 Å². The zero-order valence-corrected chi connectivity index (χ0v) is 34.8. The van der Waals surface area contributed by atoms with Crippen molar-refractivity contribution >= 4 is 18.0 Å². The average Bonchev–Trinajstić information content (AvgIpc) is 3.49. The fourth-order valence-electron chi connectivity index (χ4n) is 6.32. The van der Waals surface area contributed by atoms with E-state index in [2.05, 4.69) is 29.0 Å². The van der Waals surface area contributed by atoms with Crippen molar-refractivity contribution in [1.82, 2.24) is 9.97 Å². The molecule has 0 unspecified atom stereocenters. The molecule has 4 rings (SSSR count). The van der Waals surface area contributed by atoms with Crippen LogP contribution in [0.15, 0.2) is 113 Å². The maximum atomic E-state index is 13.4. The molecule has 0 amide bonds. The van der Waals surface area contributed by atoms with Crippen LogP contribution in [0.1, 0.15) is 113 Å². The Balaban J connectivity index is 1.56. The van der Waals surface area contributed by atoms with E-state index in [1.54, 1.807) is 30.4 Å². The molecule has 1 saturated carbocycles. The molecule has 7 atom stereocenters. The molecule has 0 spiro atoms. The first-order chi connectivity index (χ1) is 27.8. The summed E-state index contributed by atoms with van der Waals surface area (Å²) in [6, 6.07) is 0. The zero-order chi connectivity index (χ0) is 42.1. The number of aliphatic hydroxyl groups is 3. The number of aromatic nitrogens is 2. The highest BCUT2D eigenvalue weighted by Crippen LogP contribution is 2.41. The van der Waals surface area contributed by atoms with Crippen LogP contribution < -0.4 is 0 Å². The number of oxazole rings is 2. The van der Waals surface area contributed by atoms with E-state index in [1.807, 2.05) is 89.3 Å². The summed E-state index contributed by atoms with van der Waals surface area (Å²) in [4.78, 5) is 35.5.